The van der Waals surface area contributed by atoms with Crippen molar-refractivity contribution < 1.29 is 9.47 Å². The van der Waals surface area contributed by atoms with Crippen LogP contribution < -0.4 is 0 Å². The van der Waals surface area contributed by atoms with Crippen LogP contribution in [-0.2, 0) is 9.47 Å². The largest absolute Gasteiger partial charge is 0.352 e. The molecule has 3 aliphatic carbocycles. The first-order valence-electron chi connectivity index (χ1n) is 9.20. The predicted octanol–water partition coefficient (Wildman–Crippen LogP) is 5.12. The van der Waals surface area contributed by atoms with Crippen LogP contribution in [0.2, 0.25) is 0 Å². The highest BCUT2D eigenvalue weighted by atomic mass is 16.7. The van der Waals surface area contributed by atoms with Crippen molar-refractivity contribution in [3.8, 4) is 0 Å². The predicted molar refractivity (Wildman–Crippen MR) is 96.3 cm³/mol. The van der Waals surface area contributed by atoms with Gasteiger partial charge < -0.3 is 9.47 Å². The molecule has 2 fully saturated rings. The van der Waals surface area contributed by atoms with Gasteiger partial charge in [0.05, 0.1) is 6.61 Å². The molecule has 1 aromatic rings. The van der Waals surface area contributed by atoms with E-state index in [2.05, 4.69) is 42.5 Å². The number of allylic oxidation sites excluding steroid dienone is 5. The van der Waals surface area contributed by atoms with E-state index in [9.17, 15) is 0 Å². The Hall–Kier alpha value is -1.64. The maximum absolute atomic E-state index is 6.15. The molecule has 0 N–H and O–H groups in total. The molecule has 1 saturated carbocycles. The number of methoxy groups -OCH3 is 1. The lowest BCUT2D eigenvalue weighted by atomic mass is 9.77. The third-order valence-electron chi connectivity index (χ3n) is 6.52. The van der Waals surface area contributed by atoms with Gasteiger partial charge in [0.1, 0.15) is 0 Å². The molecule has 2 heteroatoms. The molecule has 2 nitrogen and oxygen atoms in total. The van der Waals surface area contributed by atoms with Crippen molar-refractivity contribution in [1.29, 1.82) is 0 Å². The minimum absolute atomic E-state index is 0.0355. The van der Waals surface area contributed by atoms with Crippen molar-refractivity contribution in [1.82, 2.24) is 0 Å². The van der Waals surface area contributed by atoms with Crippen LogP contribution in [0, 0.1) is 5.41 Å². The van der Waals surface area contributed by atoms with Crippen molar-refractivity contribution in [3.63, 3.8) is 0 Å². The molecule has 0 unspecified atom stereocenters. The van der Waals surface area contributed by atoms with Gasteiger partial charge in [0.2, 0.25) is 0 Å². The Morgan fingerprint density at radius 2 is 2.00 bits per heavy atom. The zero-order chi connectivity index (χ0) is 16.2. The molecule has 0 radical (unpaired) electrons. The van der Waals surface area contributed by atoms with Gasteiger partial charge in [-0.25, -0.2) is 0 Å². The summed E-state index contributed by atoms with van der Waals surface area (Å²) < 4.78 is 12.1. The van der Waals surface area contributed by atoms with Crippen LogP contribution in [0.1, 0.15) is 49.7 Å². The SMILES string of the molecule is CO[C@@]12CCC[C@]1(/C=C1/C3=C(C=CCC3)c3ccccc31)CCO2. The molecule has 0 spiro atoms. The van der Waals surface area contributed by atoms with E-state index in [0.717, 1.165) is 32.3 Å². The quantitative estimate of drug-likeness (QED) is 0.753. The van der Waals surface area contributed by atoms with Crippen LogP contribution >= 0.6 is 0 Å². The monoisotopic (exact) mass is 320 g/mol. The molecule has 24 heavy (non-hydrogen) atoms. The topological polar surface area (TPSA) is 18.5 Å². The third-order valence-corrected chi connectivity index (χ3v) is 6.52. The maximum Gasteiger partial charge on any atom is 0.177 e. The van der Waals surface area contributed by atoms with Crippen LogP contribution in [0.5, 0.6) is 0 Å². The number of fused-ring (bicyclic) bond motifs is 3. The van der Waals surface area contributed by atoms with Gasteiger partial charge in [-0.3, -0.25) is 0 Å². The molecule has 1 saturated heterocycles. The number of hydrogen-bond acceptors (Lipinski definition) is 2. The van der Waals surface area contributed by atoms with E-state index in [1.807, 2.05) is 7.11 Å². The fraction of sp³-hybridized carbons (Fsp3) is 0.455. The van der Waals surface area contributed by atoms with Gasteiger partial charge in [0, 0.05) is 18.9 Å². The lowest BCUT2D eigenvalue weighted by Gasteiger charge is -2.36. The summed E-state index contributed by atoms with van der Waals surface area (Å²) in [6.45, 7) is 0.811. The smallest absolute Gasteiger partial charge is 0.177 e. The number of hydrogen-bond donors (Lipinski definition) is 0. The summed E-state index contributed by atoms with van der Waals surface area (Å²) in [5.74, 6) is -0.400. The van der Waals surface area contributed by atoms with Crippen molar-refractivity contribution in [2.75, 3.05) is 13.7 Å². The zero-order valence-electron chi connectivity index (χ0n) is 14.3. The average Bonchev–Trinajstić information content (AvgIpc) is 3.24. The molecule has 1 aromatic carbocycles. The molecular weight excluding hydrogens is 296 g/mol. The second-order valence-electron chi connectivity index (χ2n) is 7.50. The highest BCUT2D eigenvalue weighted by molar-refractivity contribution is 6.03. The Morgan fingerprint density at radius 1 is 1.12 bits per heavy atom. The first-order chi connectivity index (χ1) is 11.8. The van der Waals surface area contributed by atoms with Gasteiger partial charge in [-0.1, -0.05) is 42.5 Å². The molecule has 4 aliphatic rings. The van der Waals surface area contributed by atoms with E-state index in [-0.39, 0.29) is 5.41 Å². The number of benzene rings is 1. The van der Waals surface area contributed by atoms with Crippen molar-refractivity contribution in [2.45, 2.75) is 44.3 Å². The summed E-state index contributed by atoms with van der Waals surface area (Å²) >= 11 is 0. The molecule has 0 amide bonds. The normalized spacial score (nSPS) is 35.5. The fourth-order valence-corrected chi connectivity index (χ4v) is 5.38. The number of rotatable bonds is 2. The van der Waals surface area contributed by atoms with E-state index < -0.39 is 5.79 Å². The highest BCUT2D eigenvalue weighted by Gasteiger charge is 2.59. The Kier molecular flexibility index (Phi) is 3.17. The molecular formula is C22H24O2. The fourth-order valence-electron chi connectivity index (χ4n) is 5.38. The van der Waals surface area contributed by atoms with E-state index in [4.69, 9.17) is 9.47 Å². The van der Waals surface area contributed by atoms with Gasteiger partial charge in [-0.05, 0) is 60.0 Å². The minimum Gasteiger partial charge on any atom is -0.352 e. The lowest BCUT2D eigenvalue weighted by Crippen LogP contribution is -2.41. The van der Waals surface area contributed by atoms with Crippen LogP contribution in [0.4, 0.5) is 0 Å². The first kappa shape index (κ1) is 14.7. The molecule has 1 aliphatic heterocycles. The summed E-state index contributed by atoms with van der Waals surface area (Å²) in [6, 6.07) is 8.86. The average molecular weight is 320 g/mol. The summed E-state index contributed by atoms with van der Waals surface area (Å²) in [4.78, 5) is 0. The van der Waals surface area contributed by atoms with Crippen molar-refractivity contribution in [3.05, 3.63) is 59.2 Å². The highest BCUT2D eigenvalue weighted by Crippen LogP contribution is 2.59. The molecule has 5 rings (SSSR count). The van der Waals surface area contributed by atoms with Gasteiger partial charge in [0.25, 0.3) is 0 Å². The van der Waals surface area contributed by atoms with Crippen LogP contribution in [0.3, 0.4) is 0 Å². The Morgan fingerprint density at radius 3 is 2.88 bits per heavy atom. The van der Waals surface area contributed by atoms with Crippen LogP contribution in [0.15, 0.2) is 48.1 Å². The lowest BCUT2D eigenvalue weighted by molar-refractivity contribution is -0.221. The minimum atomic E-state index is -0.400. The summed E-state index contributed by atoms with van der Waals surface area (Å²) in [5, 5.41) is 0. The van der Waals surface area contributed by atoms with E-state index in [1.54, 1.807) is 0 Å². The Bertz CT molecular complexity index is 771. The van der Waals surface area contributed by atoms with Crippen molar-refractivity contribution >= 4 is 11.1 Å². The first-order valence-corrected chi connectivity index (χ1v) is 9.20. The maximum atomic E-state index is 6.15. The third kappa shape index (κ3) is 1.79. The van der Waals surface area contributed by atoms with Crippen LogP contribution in [-0.4, -0.2) is 19.5 Å². The summed E-state index contributed by atoms with van der Waals surface area (Å²) in [5.41, 5.74) is 7.22. The van der Waals surface area contributed by atoms with E-state index in [1.165, 1.54) is 40.7 Å². The summed E-state index contributed by atoms with van der Waals surface area (Å²) in [6.07, 6.45) is 13.9. The van der Waals surface area contributed by atoms with Crippen LogP contribution in [0.25, 0.3) is 11.1 Å². The second kappa shape index (κ2) is 5.18. The van der Waals surface area contributed by atoms with Gasteiger partial charge in [-0.15, -0.1) is 0 Å². The Balaban J connectivity index is 1.70. The molecule has 1 heterocycles. The van der Waals surface area contributed by atoms with Gasteiger partial charge in [-0.2, -0.15) is 0 Å². The van der Waals surface area contributed by atoms with E-state index >= 15 is 0 Å². The molecule has 0 aromatic heterocycles. The molecule has 0 bridgehead atoms. The molecule has 124 valence electrons. The molecule has 2 atom stereocenters. The van der Waals surface area contributed by atoms with Gasteiger partial charge in [0.15, 0.2) is 5.79 Å². The van der Waals surface area contributed by atoms with E-state index in [0.29, 0.717) is 0 Å². The zero-order valence-corrected chi connectivity index (χ0v) is 14.3. The Labute approximate surface area is 143 Å². The van der Waals surface area contributed by atoms with Crippen molar-refractivity contribution in [2.24, 2.45) is 5.41 Å². The van der Waals surface area contributed by atoms with Gasteiger partial charge >= 0.3 is 0 Å². The second-order valence-corrected chi connectivity index (χ2v) is 7.50. The standard InChI is InChI=1S/C22H24O2/c1-23-22-12-6-11-21(22,13-14-24-22)15-20-18-9-4-2-7-16(18)17-8-3-5-10-19(17)20/h2-4,7-9,15H,5-6,10-14H2,1H3/b20-15+/t21-,22-/m1/s1. The summed E-state index contributed by atoms with van der Waals surface area (Å²) in [7, 11) is 1.82. The number of ether oxygens (including phenoxy) is 2.